The van der Waals surface area contributed by atoms with Crippen LogP contribution in [0, 0.1) is 0 Å². The van der Waals surface area contributed by atoms with Crippen LogP contribution in [0.2, 0.25) is 0 Å². The number of hydrogen-bond acceptors (Lipinski definition) is 4. The molecule has 0 aliphatic carbocycles. The van der Waals surface area contributed by atoms with E-state index in [1.807, 2.05) is 31.9 Å². The minimum atomic E-state index is 0. The second kappa shape index (κ2) is 7.77. The van der Waals surface area contributed by atoms with Crippen molar-refractivity contribution in [3.63, 3.8) is 0 Å². The Bertz CT molecular complexity index is 406. The highest BCUT2D eigenvalue weighted by molar-refractivity contribution is 7.99. The van der Waals surface area contributed by atoms with Crippen LogP contribution in [-0.2, 0) is 11.8 Å². The van der Waals surface area contributed by atoms with Crippen molar-refractivity contribution in [2.24, 2.45) is 7.05 Å². The molecule has 108 valence electrons. The maximum absolute atomic E-state index is 11.9. The van der Waals surface area contributed by atoms with E-state index >= 15 is 0 Å². The zero-order valence-electron chi connectivity index (χ0n) is 11.3. The van der Waals surface area contributed by atoms with E-state index in [2.05, 4.69) is 15.7 Å². The molecule has 1 fully saturated rings. The summed E-state index contributed by atoms with van der Waals surface area (Å²) in [6.45, 7) is 2.98. The van der Waals surface area contributed by atoms with Gasteiger partial charge in [0.05, 0.1) is 12.2 Å². The molecule has 2 heterocycles. The van der Waals surface area contributed by atoms with Gasteiger partial charge in [-0.15, -0.1) is 12.4 Å². The van der Waals surface area contributed by atoms with Crippen molar-refractivity contribution in [3.8, 4) is 0 Å². The van der Waals surface area contributed by atoms with Crippen LogP contribution in [0.3, 0.4) is 0 Å². The molecule has 0 spiro atoms. The molecular formula is C12H21ClN4OS. The molecule has 1 aromatic rings. The average molecular weight is 305 g/mol. The standard InChI is InChI=1S/C12H20N4OS.ClH/c1-9(10-6-14-16(2)7-10)15-12(17)5-11-8-18-4-3-13-11;/h6-7,9,11,13H,3-5,8H2,1-2H3,(H,15,17);1H. The third kappa shape index (κ3) is 5.04. The summed E-state index contributed by atoms with van der Waals surface area (Å²) in [7, 11) is 1.88. The number of nitrogens with one attached hydrogen (secondary N) is 2. The zero-order valence-corrected chi connectivity index (χ0v) is 12.9. The molecule has 2 unspecified atom stereocenters. The van der Waals surface area contributed by atoms with E-state index in [-0.39, 0.29) is 24.4 Å². The van der Waals surface area contributed by atoms with Gasteiger partial charge in [0.15, 0.2) is 0 Å². The van der Waals surface area contributed by atoms with Crippen LogP contribution in [0.1, 0.15) is 24.9 Å². The number of carbonyl (C=O) groups is 1. The quantitative estimate of drug-likeness (QED) is 0.875. The van der Waals surface area contributed by atoms with Gasteiger partial charge in [-0.05, 0) is 6.92 Å². The molecule has 1 aliphatic heterocycles. The van der Waals surface area contributed by atoms with Crippen molar-refractivity contribution in [3.05, 3.63) is 18.0 Å². The Kier molecular flexibility index (Phi) is 6.68. The highest BCUT2D eigenvalue weighted by Gasteiger charge is 2.18. The van der Waals surface area contributed by atoms with Gasteiger partial charge in [0.1, 0.15) is 0 Å². The molecule has 0 bridgehead atoms. The summed E-state index contributed by atoms with van der Waals surface area (Å²) >= 11 is 1.91. The lowest BCUT2D eigenvalue weighted by Gasteiger charge is -2.23. The summed E-state index contributed by atoms with van der Waals surface area (Å²) in [5.74, 6) is 2.27. The van der Waals surface area contributed by atoms with Crippen molar-refractivity contribution in [2.75, 3.05) is 18.1 Å². The van der Waals surface area contributed by atoms with E-state index in [0.29, 0.717) is 12.5 Å². The fraction of sp³-hybridized carbons (Fsp3) is 0.667. The second-order valence-electron chi connectivity index (χ2n) is 4.67. The molecule has 1 aromatic heterocycles. The fourth-order valence-electron chi connectivity index (χ4n) is 2.02. The van der Waals surface area contributed by atoms with Gasteiger partial charge in [-0.1, -0.05) is 0 Å². The van der Waals surface area contributed by atoms with E-state index in [0.717, 1.165) is 23.6 Å². The van der Waals surface area contributed by atoms with Crippen LogP contribution >= 0.6 is 24.2 Å². The molecule has 5 nitrogen and oxygen atoms in total. The molecular weight excluding hydrogens is 284 g/mol. The van der Waals surface area contributed by atoms with Gasteiger partial charge in [-0.25, -0.2) is 0 Å². The van der Waals surface area contributed by atoms with Gasteiger partial charge in [0, 0.05) is 49.3 Å². The van der Waals surface area contributed by atoms with Crippen molar-refractivity contribution < 1.29 is 4.79 Å². The molecule has 1 amide bonds. The van der Waals surface area contributed by atoms with Gasteiger partial charge in [0.25, 0.3) is 0 Å². The number of carbonyl (C=O) groups excluding carboxylic acids is 1. The summed E-state index contributed by atoms with van der Waals surface area (Å²) < 4.78 is 1.75. The molecule has 2 rings (SSSR count). The van der Waals surface area contributed by atoms with E-state index in [1.54, 1.807) is 10.9 Å². The van der Waals surface area contributed by atoms with Gasteiger partial charge < -0.3 is 10.6 Å². The van der Waals surface area contributed by atoms with Crippen molar-refractivity contribution in [1.82, 2.24) is 20.4 Å². The number of rotatable bonds is 4. The molecule has 1 aliphatic rings. The number of halogens is 1. The first-order chi connectivity index (χ1) is 8.65. The Morgan fingerprint density at radius 3 is 3.11 bits per heavy atom. The molecule has 0 radical (unpaired) electrons. The SMILES string of the molecule is CC(NC(=O)CC1CSCCN1)c1cnn(C)c1.Cl. The van der Waals surface area contributed by atoms with E-state index in [9.17, 15) is 4.79 Å². The molecule has 2 atom stereocenters. The monoisotopic (exact) mass is 304 g/mol. The maximum atomic E-state index is 11.9. The molecule has 2 N–H and O–H groups in total. The molecule has 0 aromatic carbocycles. The van der Waals surface area contributed by atoms with Gasteiger partial charge in [-0.2, -0.15) is 16.9 Å². The predicted molar refractivity (Wildman–Crippen MR) is 80.7 cm³/mol. The predicted octanol–water partition coefficient (Wildman–Crippen LogP) is 1.11. The Morgan fingerprint density at radius 1 is 1.74 bits per heavy atom. The van der Waals surface area contributed by atoms with Crippen molar-refractivity contribution in [2.45, 2.75) is 25.4 Å². The number of thioether (sulfide) groups is 1. The summed E-state index contributed by atoms with van der Waals surface area (Å²) in [5.41, 5.74) is 1.04. The normalized spacial score (nSPS) is 20.4. The molecule has 19 heavy (non-hydrogen) atoms. The number of amides is 1. The lowest BCUT2D eigenvalue weighted by molar-refractivity contribution is -0.122. The smallest absolute Gasteiger partial charge is 0.222 e. The first-order valence-electron chi connectivity index (χ1n) is 6.24. The van der Waals surface area contributed by atoms with Crippen LogP contribution in [0.25, 0.3) is 0 Å². The Labute approximate surface area is 124 Å². The third-order valence-electron chi connectivity index (χ3n) is 3.03. The van der Waals surface area contributed by atoms with Crippen LogP contribution in [0.4, 0.5) is 0 Å². The minimum absolute atomic E-state index is 0. The van der Waals surface area contributed by atoms with Gasteiger partial charge in [-0.3, -0.25) is 9.48 Å². The van der Waals surface area contributed by atoms with Crippen LogP contribution in [0.15, 0.2) is 12.4 Å². The minimum Gasteiger partial charge on any atom is -0.349 e. The Balaban J connectivity index is 0.00000180. The molecule has 7 heteroatoms. The van der Waals surface area contributed by atoms with E-state index < -0.39 is 0 Å². The largest absolute Gasteiger partial charge is 0.349 e. The lowest BCUT2D eigenvalue weighted by Crippen LogP contribution is -2.41. The Morgan fingerprint density at radius 2 is 2.53 bits per heavy atom. The number of aromatic nitrogens is 2. The topological polar surface area (TPSA) is 59.0 Å². The van der Waals surface area contributed by atoms with Crippen LogP contribution in [0.5, 0.6) is 0 Å². The van der Waals surface area contributed by atoms with E-state index in [4.69, 9.17) is 0 Å². The number of nitrogens with zero attached hydrogens (tertiary/aromatic N) is 2. The maximum Gasteiger partial charge on any atom is 0.222 e. The lowest BCUT2D eigenvalue weighted by atomic mass is 10.1. The molecule has 0 saturated carbocycles. The first-order valence-corrected chi connectivity index (χ1v) is 7.39. The number of hydrogen-bond donors (Lipinski definition) is 2. The summed E-state index contributed by atoms with van der Waals surface area (Å²) in [6, 6.07) is 0.326. The van der Waals surface area contributed by atoms with E-state index in [1.165, 1.54) is 0 Å². The first kappa shape index (κ1) is 16.3. The highest BCUT2D eigenvalue weighted by atomic mass is 35.5. The third-order valence-corrected chi connectivity index (χ3v) is 4.16. The summed E-state index contributed by atoms with van der Waals surface area (Å²) in [5, 5.41) is 10.5. The van der Waals surface area contributed by atoms with Crippen LogP contribution < -0.4 is 10.6 Å². The molecule has 1 saturated heterocycles. The van der Waals surface area contributed by atoms with Crippen molar-refractivity contribution >= 4 is 30.1 Å². The fourth-order valence-corrected chi connectivity index (χ4v) is 2.97. The second-order valence-corrected chi connectivity index (χ2v) is 5.82. The van der Waals surface area contributed by atoms with Crippen molar-refractivity contribution in [1.29, 1.82) is 0 Å². The Hall–Kier alpha value is -0.720. The summed E-state index contributed by atoms with van der Waals surface area (Å²) in [4.78, 5) is 11.9. The summed E-state index contributed by atoms with van der Waals surface area (Å²) in [6.07, 6.45) is 4.27. The van der Waals surface area contributed by atoms with Crippen LogP contribution in [-0.4, -0.2) is 39.8 Å². The zero-order chi connectivity index (χ0) is 13.0. The highest BCUT2D eigenvalue weighted by Crippen LogP contribution is 2.13. The van der Waals surface area contributed by atoms with Gasteiger partial charge >= 0.3 is 0 Å². The average Bonchev–Trinajstić information content (AvgIpc) is 2.77. The van der Waals surface area contributed by atoms with Gasteiger partial charge in [0.2, 0.25) is 5.91 Å². The number of aryl methyl sites for hydroxylation is 1.